The van der Waals surface area contributed by atoms with Gasteiger partial charge in [-0.15, -0.1) is 0 Å². The van der Waals surface area contributed by atoms with Crippen molar-refractivity contribution in [3.8, 4) is 6.07 Å². The van der Waals surface area contributed by atoms with Gasteiger partial charge >= 0.3 is 0 Å². The molecule has 0 aromatic heterocycles. The number of nitrogens with zero attached hydrogens (tertiary/aromatic N) is 1. The van der Waals surface area contributed by atoms with E-state index in [0.717, 1.165) is 16.7 Å². The summed E-state index contributed by atoms with van der Waals surface area (Å²) in [5.74, 6) is 0.419. The lowest BCUT2D eigenvalue weighted by Gasteiger charge is -2.16. The van der Waals surface area contributed by atoms with E-state index in [4.69, 9.17) is 11.0 Å². The average Bonchev–Trinajstić information content (AvgIpc) is 2.16. The first kappa shape index (κ1) is 10.7. The van der Waals surface area contributed by atoms with Crippen molar-refractivity contribution in [2.24, 2.45) is 11.7 Å². The molecule has 0 saturated heterocycles. The molecule has 1 atom stereocenters. The molecule has 0 aliphatic heterocycles. The summed E-state index contributed by atoms with van der Waals surface area (Å²) >= 11 is 0. The molecule has 0 aliphatic rings. The minimum atomic E-state index is 0.0569. The zero-order chi connectivity index (χ0) is 10.7. The third-order valence-corrected chi connectivity index (χ3v) is 2.47. The second-order valence-corrected chi connectivity index (χ2v) is 3.96. The number of benzene rings is 1. The van der Waals surface area contributed by atoms with Crippen molar-refractivity contribution in [3.63, 3.8) is 0 Å². The molecule has 1 unspecified atom stereocenters. The first-order valence-corrected chi connectivity index (χ1v) is 4.82. The van der Waals surface area contributed by atoms with E-state index in [9.17, 15) is 0 Å². The van der Waals surface area contributed by atoms with Gasteiger partial charge in [0, 0.05) is 6.04 Å². The molecule has 0 aliphatic carbocycles. The van der Waals surface area contributed by atoms with Crippen LogP contribution in [-0.4, -0.2) is 0 Å². The van der Waals surface area contributed by atoms with Gasteiger partial charge in [-0.2, -0.15) is 5.26 Å². The lowest BCUT2D eigenvalue weighted by atomic mass is 9.94. The van der Waals surface area contributed by atoms with Crippen LogP contribution >= 0.6 is 0 Å². The second kappa shape index (κ2) is 4.26. The summed E-state index contributed by atoms with van der Waals surface area (Å²) in [5.41, 5.74) is 8.85. The Labute approximate surface area is 85.4 Å². The van der Waals surface area contributed by atoms with Gasteiger partial charge < -0.3 is 5.73 Å². The molecule has 2 N–H and O–H groups in total. The van der Waals surface area contributed by atoms with E-state index in [0.29, 0.717) is 5.92 Å². The van der Waals surface area contributed by atoms with Crippen molar-refractivity contribution in [1.29, 1.82) is 5.26 Å². The van der Waals surface area contributed by atoms with Crippen molar-refractivity contribution in [2.45, 2.75) is 26.8 Å². The van der Waals surface area contributed by atoms with Crippen molar-refractivity contribution in [3.05, 3.63) is 34.9 Å². The van der Waals surface area contributed by atoms with Gasteiger partial charge in [0.25, 0.3) is 0 Å². The predicted molar refractivity (Wildman–Crippen MR) is 57.7 cm³/mol. The van der Waals surface area contributed by atoms with Crippen LogP contribution in [0.3, 0.4) is 0 Å². The maximum absolute atomic E-state index is 8.78. The van der Waals surface area contributed by atoms with Crippen LogP contribution in [0.1, 0.15) is 36.6 Å². The highest BCUT2D eigenvalue weighted by Crippen LogP contribution is 2.21. The van der Waals surface area contributed by atoms with Gasteiger partial charge in [0.2, 0.25) is 0 Å². The Bertz CT molecular complexity index is 361. The third kappa shape index (κ3) is 2.12. The second-order valence-electron chi connectivity index (χ2n) is 3.96. The highest BCUT2D eigenvalue weighted by molar-refractivity contribution is 5.40. The molecule has 2 heteroatoms. The molecule has 74 valence electrons. The molecule has 0 heterocycles. The van der Waals surface area contributed by atoms with Gasteiger partial charge in [0.05, 0.1) is 11.6 Å². The number of hydrogen-bond donors (Lipinski definition) is 1. The standard InChI is InChI=1S/C12H16N2/c1-8(2)12(14)10-4-5-11(7-13)9(3)6-10/h4-6,8,12H,14H2,1-3H3. The van der Waals surface area contributed by atoms with E-state index in [1.54, 1.807) is 0 Å². The van der Waals surface area contributed by atoms with E-state index in [-0.39, 0.29) is 6.04 Å². The molecule has 2 nitrogen and oxygen atoms in total. The van der Waals surface area contributed by atoms with E-state index < -0.39 is 0 Å². The fraction of sp³-hybridized carbons (Fsp3) is 0.417. The van der Waals surface area contributed by atoms with Gasteiger partial charge in [-0.3, -0.25) is 0 Å². The Morgan fingerprint density at radius 3 is 2.43 bits per heavy atom. The van der Waals surface area contributed by atoms with Crippen LogP contribution in [0.15, 0.2) is 18.2 Å². The normalized spacial score (nSPS) is 12.6. The van der Waals surface area contributed by atoms with Crippen molar-refractivity contribution >= 4 is 0 Å². The molecule has 0 bridgehead atoms. The summed E-state index contributed by atoms with van der Waals surface area (Å²) < 4.78 is 0. The summed E-state index contributed by atoms with van der Waals surface area (Å²) in [5, 5.41) is 8.78. The number of nitrogens with two attached hydrogens (primary N) is 1. The minimum absolute atomic E-state index is 0.0569. The molecule has 1 rings (SSSR count). The summed E-state index contributed by atoms with van der Waals surface area (Å²) in [6, 6.07) is 7.99. The Balaban J connectivity index is 3.04. The number of rotatable bonds is 2. The maximum atomic E-state index is 8.78. The molecular formula is C12H16N2. The monoisotopic (exact) mass is 188 g/mol. The molecule has 0 amide bonds. The minimum Gasteiger partial charge on any atom is -0.324 e. The molecule has 0 fully saturated rings. The molecule has 0 saturated carbocycles. The average molecular weight is 188 g/mol. The van der Waals surface area contributed by atoms with Crippen molar-refractivity contribution in [2.75, 3.05) is 0 Å². The fourth-order valence-electron chi connectivity index (χ4n) is 1.40. The van der Waals surface area contributed by atoms with Crippen LogP contribution < -0.4 is 5.73 Å². The van der Waals surface area contributed by atoms with E-state index in [1.165, 1.54) is 0 Å². The van der Waals surface area contributed by atoms with Crippen LogP contribution in [0.25, 0.3) is 0 Å². The largest absolute Gasteiger partial charge is 0.324 e. The number of hydrogen-bond acceptors (Lipinski definition) is 2. The first-order chi connectivity index (χ1) is 6.56. The zero-order valence-electron chi connectivity index (χ0n) is 8.91. The van der Waals surface area contributed by atoms with Gasteiger partial charge in [-0.25, -0.2) is 0 Å². The Kier molecular flexibility index (Phi) is 3.27. The van der Waals surface area contributed by atoms with Gasteiger partial charge in [-0.1, -0.05) is 26.0 Å². The summed E-state index contributed by atoms with van der Waals surface area (Å²) in [7, 11) is 0. The topological polar surface area (TPSA) is 49.8 Å². The Hall–Kier alpha value is -1.33. The molecule has 1 aromatic rings. The van der Waals surface area contributed by atoms with Gasteiger partial charge in [-0.05, 0) is 30.0 Å². The maximum Gasteiger partial charge on any atom is 0.0994 e. The van der Waals surface area contributed by atoms with Crippen LogP contribution in [0.4, 0.5) is 0 Å². The number of aryl methyl sites for hydroxylation is 1. The van der Waals surface area contributed by atoms with E-state index in [1.807, 2.05) is 25.1 Å². The lowest BCUT2D eigenvalue weighted by molar-refractivity contribution is 0.514. The Morgan fingerprint density at radius 1 is 1.36 bits per heavy atom. The summed E-state index contributed by atoms with van der Waals surface area (Å²) in [6.07, 6.45) is 0. The SMILES string of the molecule is Cc1cc(C(N)C(C)C)ccc1C#N. The van der Waals surface area contributed by atoms with Crippen LogP contribution in [0.2, 0.25) is 0 Å². The molecule has 1 aromatic carbocycles. The van der Waals surface area contributed by atoms with Crippen molar-refractivity contribution < 1.29 is 0 Å². The summed E-state index contributed by atoms with van der Waals surface area (Å²) in [6.45, 7) is 6.13. The lowest BCUT2D eigenvalue weighted by Crippen LogP contribution is -2.16. The van der Waals surface area contributed by atoms with Crippen LogP contribution in [0, 0.1) is 24.2 Å². The molecule has 14 heavy (non-hydrogen) atoms. The zero-order valence-corrected chi connectivity index (χ0v) is 8.91. The van der Waals surface area contributed by atoms with Crippen molar-refractivity contribution in [1.82, 2.24) is 0 Å². The fourth-order valence-corrected chi connectivity index (χ4v) is 1.40. The highest BCUT2D eigenvalue weighted by Gasteiger charge is 2.11. The van der Waals surface area contributed by atoms with E-state index >= 15 is 0 Å². The van der Waals surface area contributed by atoms with Gasteiger partial charge in [0.15, 0.2) is 0 Å². The Morgan fingerprint density at radius 2 is 2.00 bits per heavy atom. The number of nitriles is 1. The van der Waals surface area contributed by atoms with E-state index in [2.05, 4.69) is 19.9 Å². The third-order valence-electron chi connectivity index (χ3n) is 2.47. The smallest absolute Gasteiger partial charge is 0.0994 e. The van der Waals surface area contributed by atoms with Crippen LogP contribution in [0.5, 0.6) is 0 Å². The van der Waals surface area contributed by atoms with Gasteiger partial charge in [0.1, 0.15) is 0 Å². The highest BCUT2D eigenvalue weighted by atomic mass is 14.6. The molecular weight excluding hydrogens is 172 g/mol. The van der Waals surface area contributed by atoms with Crippen LogP contribution in [-0.2, 0) is 0 Å². The first-order valence-electron chi connectivity index (χ1n) is 4.82. The summed E-state index contributed by atoms with van der Waals surface area (Å²) in [4.78, 5) is 0. The quantitative estimate of drug-likeness (QED) is 0.775. The molecule has 0 spiro atoms. The molecule has 0 radical (unpaired) electrons. The predicted octanol–water partition coefficient (Wildman–Crippen LogP) is 2.52.